The Bertz CT molecular complexity index is 651. The summed E-state index contributed by atoms with van der Waals surface area (Å²) in [5.41, 5.74) is 0.831. The maximum atomic E-state index is 12.2. The van der Waals surface area contributed by atoms with Gasteiger partial charge in [-0.1, -0.05) is 12.1 Å². The molecule has 0 atom stereocenters. The average Bonchev–Trinajstić information content (AvgIpc) is 2.55. The molecule has 0 aliphatic carbocycles. The zero-order valence-electron chi connectivity index (χ0n) is 12.7. The van der Waals surface area contributed by atoms with E-state index in [2.05, 4.69) is 15.3 Å². The Morgan fingerprint density at radius 2 is 2.00 bits per heavy atom. The second-order valence-electron chi connectivity index (χ2n) is 4.52. The van der Waals surface area contributed by atoms with Gasteiger partial charge in [-0.2, -0.15) is 0 Å². The van der Waals surface area contributed by atoms with E-state index >= 15 is 0 Å². The average molecular weight is 334 g/mol. The minimum Gasteiger partial charge on any atom is -0.349 e. The molecular weight excluding hydrogens is 316 g/mol. The third kappa shape index (κ3) is 4.38. The summed E-state index contributed by atoms with van der Waals surface area (Å²) in [5.74, 6) is 0.598. The second kappa shape index (κ2) is 8.05. The van der Waals surface area contributed by atoms with Crippen molar-refractivity contribution >= 4 is 40.9 Å². The molecule has 1 aromatic heterocycles. The quantitative estimate of drug-likeness (QED) is 0.820. The van der Waals surface area contributed by atoms with Crippen LogP contribution in [0.3, 0.4) is 0 Å². The SMILES string of the molecule is CSc1cncc(N(C)CC(=O)Nc2ccccc2SC)n1. The summed E-state index contributed by atoms with van der Waals surface area (Å²) in [6.45, 7) is 0.217. The van der Waals surface area contributed by atoms with Crippen LogP contribution in [0.25, 0.3) is 0 Å². The number of hydrogen-bond donors (Lipinski definition) is 1. The van der Waals surface area contributed by atoms with Gasteiger partial charge in [-0.05, 0) is 24.6 Å². The van der Waals surface area contributed by atoms with E-state index in [1.807, 2.05) is 43.8 Å². The molecular formula is C15H18N4OS2. The van der Waals surface area contributed by atoms with Gasteiger partial charge >= 0.3 is 0 Å². The van der Waals surface area contributed by atoms with Crippen molar-refractivity contribution in [2.75, 3.05) is 36.3 Å². The zero-order chi connectivity index (χ0) is 15.9. The van der Waals surface area contributed by atoms with Gasteiger partial charge in [0.05, 0.1) is 24.6 Å². The molecule has 0 unspecified atom stereocenters. The topological polar surface area (TPSA) is 58.1 Å². The number of nitrogens with zero attached hydrogens (tertiary/aromatic N) is 3. The van der Waals surface area contributed by atoms with E-state index in [1.54, 1.807) is 29.1 Å². The van der Waals surface area contributed by atoms with E-state index in [4.69, 9.17) is 0 Å². The third-order valence-corrected chi connectivity index (χ3v) is 4.37. The van der Waals surface area contributed by atoms with Crippen LogP contribution in [0.2, 0.25) is 0 Å². The fourth-order valence-electron chi connectivity index (χ4n) is 1.85. The van der Waals surface area contributed by atoms with Gasteiger partial charge < -0.3 is 10.2 Å². The van der Waals surface area contributed by atoms with Crippen LogP contribution in [0.5, 0.6) is 0 Å². The number of carbonyl (C=O) groups is 1. The second-order valence-corrected chi connectivity index (χ2v) is 6.20. The standard InChI is InChI=1S/C15H18N4OS2/c1-19(13-8-16-9-15(18-13)22-3)10-14(20)17-11-6-4-5-7-12(11)21-2/h4-9H,10H2,1-3H3,(H,17,20). The van der Waals surface area contributed by atoms with Gasteiger partial charge in [0.1, 0.15) is 10.8 Å². The largest absolute Gasteiger partial charge is 0.349 e. The van der Waals surface area contributed by atoms with Crippen molar-refractivity contribution in [3.05, 3.63) is 36.7 Å². The molecule has 0 fully saturated rings. The number of hydrogen-bond acceptors (Lipinski definition) is 6. The summed E-state index contributed by atoms with van der Waals surface area (Å²) in [6.07, 6.45) is 7.29. The summed E-state index contributed by atoms with van der Waals surface area (Å²) >= 11 is 3.13. The van der Waals surface area contributed by atoms with E-state index in [-0.39, 0.29) is 12.5 Å². The lowest BCUT2D eigenvalue weighted by Crippen LogP contribution is -2.30. The number of benzene rings is 1. The van der Waals surface area contributed by atoms with E-state index in [9.17, 15) is 4.79 Å². The van der Waals surface area contributed by atoms with Crippen molar-refractivity contribution in [2.24, 2.45) is 0 Å². The first-order valence-corrected chi connectivity index (χ1v) is 9.09. The number of anilines is 2. The molecule has 1 heterocycles. The van der Waals surface area contributed by atoms with Gasteiger partial charge in [0.25, 0.3) is 0 Å². The minimum absolute atomic E-state index is 0.0830. The monoisotopic (exact) mass is 334 g/mol. The highest BCUT2D eigenvalue weighted by Gasteiger charge is 2.11. The molecule has 0 radical (unpaired) electrons. The van der Waals surface area contributed by atoms with Crippen molar-refractivity contribution in [1.29, 1.82) is 0 Å². The Morgan fingerprint density at radius 3 is 2.73 bits per heavy atom. The van der Waals surface area contributed by atoms with Crippen LogP contribution in [0.1, 0.15) is 0 Å². The number of likely N-dealkylation sites (N-methyl/N-ethyl adjacent to an activating group) is 1. The van der Waals surface area contributed by atoms with Gasteiger partial charge in [0, 0.05) is 11.9 Å². The fourth-order valence-corrected chi connectivity index (χ4v) is 2.76. The van der Waals surface area contributed by atoms with E-state index in [0.717, 1.165) is 15.6 Å². The summed E-state index contributed by atoms with van der Waals surface area (Å²) in [7, 11) is 1.83. The molecule has 1 amide bonds. The molecule has 2 rings (SSSR count). The molecule has 22 heavy (non-hydrogen) atoms. The van der Waals surface area contributed by atoms with Gasteiger partial charge in [0.2, 0.25) is 5.91 Å². The van der Waals surface area contributed by atoms with Crippen molar-refractivity contribution in [1.82, 2.24) is 9.97 Å². The summed E-state index contributed by atoms with van der Waals surface area (Å²) in [6, 6.07) is 7.75. The lowest BCUT2D eigenvalue weighted by molar-refractivity contribution is -0.114. The molecule has 0 saturated carbocycles. The number of rotatable bonds is 6. The number of amides is 1. The molecule has 1 N–H and O–H groups in total. The molecule has 0 aliphatic rings. The van der Waals surface area contributed by atoms with Gasteiger partial charge in [-0.15, -0.1) is 23.5 Å². The summed E-state index contributed by atoms with van der Waals surface area (Å²) < 4.78 is 0. The van der Waals surface area contributed by atoms with Crippen LogP contribution in [0, 0.1) is 0 Å². The molecule has 116 valence electrons. The predicted octanol–water partition coefficient (Wildman–Crippen LogP) is 3.00. The van der Waals surface area contributed by atoms with Crippen molar-refractivity contribution in [2.45, 2.75) is 9.92 Å². The molecule has 0 spiro atoms. The summed E-state index contributed by atoms with van der Waals surface area (Å²) in [5, 5.41) is 3.77. The maximum Gasteiger partial charge on any atom is 0.243 e. The van der Waals surface area contributed by atoms with Crippen molar-refractivity contribution < 1.29 is 4.79 Å². The van der Waals surface area contributed by atoms with Crippen LogP contribution in [-0.2, 0) is 4.79 Å². The molecule has 1 aromatic carbocycles. The van der Waals surface area contributed by atoms with Gasteiger partial charge in [-0.3, -0.25) is 9.78 Å². The molecule has 7 heteroatoms. The third-order valence-electron chi connectivity index (χ3n) is 2.96. The zero-order valence-corrected chi connectivity index (χ0v) is 14.4. The molecule has 2 aromatic rings. The Balaban J connectivity index is 2.02. The van der Waals surface area contributed by atoms with Crippen molar-refractivity contribution in [3.63, 3.8) is 0 Å². The Labute approximate surface area is 138 Å². The van der Waals surface area contributed by atoms with Crippen molar-refractivity contribution in [3.8, 4) is 0 Å². The van der Waals surface area contributed by atoms with Crippen LogP contribution in [0.15, 0.2) is 46.6 Å². The normalized spacial score (nSPS) is 10.3. The molecule has 0 bridgehead atoms. The van der Waals surface area contributed by atoms with Crippen LogP contribution >= 0.6 is 23.5 Å². The predicted molar refractivity (Wildman–Crippen MR) is 93.9 cm³/mol. The first-order chi connectivity index (χ1) is 10.6. The number of para-hydroxylation sites is 1. The summed E-state index contributed by atoms with van der Waals surface area (Å²) in [4.78, 5) is 23.6. The number of carbonyl (C=O) groups excluding carboxylic acids is 1. The molecule has 5 nitrogen and oxygen atoms in total. The number of aromatic nitrogens is 2. The Morgan fingerprint density at radius 1 is 1.23 bits per heavy atom. The lowest BCUT2D eigenvalue weighted by atomic mass is 10.3. The van der Waals surface area contributed by atoms with Crippen LogP contribution in [-0.4, -0.2) is 42.0 Å². The number of thioether (sulfide) groups is 2. The fraction of sp³-hybridized carbons (Fsp3) is 0.267. The first kappa shape index (κ1) is 16.6. The highest BCUT2D eigenvalue weighted by molar-refractivity contribution is 7.98. The Kier molecular flexibility index (Phi) is 6.09. The smallest absolute Gasteiger partial charge is 0.243 e. The molecule has 0 aliphatic heterocycles. The van der Waals surface area contributed by atoms with Gasteiger partial charge in [-0.25, -0.2) is 4.98 Å². The minimum atomic E-state index is -0.0830. The lowest BCUT2D eigenvalue weighted by Gasteiger charge is -2.18. The first-order valence-electron chi connectivity index (χ1n) is 6.64. The highest BCUT2D eigenvalue weighted by atomic mass is 32.2. The Hall–Kier alpha value is -1.73. The highest BCUT2D eigenvalue weighted by Crippen LogP contribution is 2.24. The van der Waals surface area contributed by atoms with E-state index in [1.165, 1.54) is 11.8 Å². The van der Waals surface area contributed by atoms with E-state index < -0.39 is 0 Å². The van der Waals surface area contributed by atoms with E-state index in [0.29, 0.717) is 5.82 Å². The number of nitrogens with one attached hydrogen (secondary N) is 1. The van der Waals surface area contributed by atoms with Crippen LogP contribution < -0.4 is 10.2 Å². The van der Waals surface area contributed by atoms with Gasteiger partial charge in [0.15, 0.2) is 0 Å². The maximum absolute atomic E-state index is 12.2. The van der Waals surface area contributed by atoms with Crippen LogP contribution in [0.4, 0.5) is 11.5 Å². The molecule has 0 saturated heterocycles.